The SMILES string of the molecule is CCCC(c1nnnn1CC1CCCO1)N(Cc1cc2cc(C)ccc2[nH]c1=O)CC1CCCO1. The number of fused-ring (bicyclic) bond motifs is 1. The molecule has 3 atom stereocenters. The molecule has 2 fully saturated rings. The first-order chi connectivity index (χ1) is 17.1. The maximum Gasteiger partial charge on any atom is 0.252 e. The first kappa shape index (κ1) is 24.1. The second kappa shape index (κ2) is 11.0. The van der Waals surface area contributed by atoms with E-state index in [0.29, 0.717) is 13.1 Å². The number of aromatic nitrogens is 5. The Labute approximate surface area is 205 Å². The molecule has 2 saturated heterocycles. The number of benzene rings is 1. The zero-order valence-electron chi connectivity index (χ0n) is 20.8. The van der Waals surface area contributed by atoms with Gasteiger partial charge in [0.2, 0.25) is 0 Å². The molecule has 2 aliphatic rings. The molecule has 9 nitrogen and oxygen atoms in total. The minimum atomic E-state index is -0.0483. The summed E-state index contributed by atoms with van der Waals surface area (Å²) in [5, 5.41) is 13.9. The Kier molecular flexibility index (Phi) is 7.55. The first-order valence-corrected chi connectivity index (χ1v) is 13.0. The molecule has 0 bridgehead atoms. The van der Waals surface area contributed by atoms with Crippen LogP contribution in [0, 0.1) is 6.92 Å². The van der Waals surface area contributed by atoms with Gasteiger partial charge in [-0.2, -0.15) is 0 Å². The number of hydrogen-bond acceptors (Lipinski definition) is 7. The van der Waals surface area contributed by atoms with E-state index in [1.165, 1.54) is 5.56 Å². The molecule has 3 aromatic rings. The van der Waals surface area contributed by atoms with Crippen LogP contribution in [0.2, 0.25) is 0 Å². The number of nitrogens with zero attached hydrogens (tertiary/aromatic N) is 5. The normalized spacial score (nSPS) is 21.3. The lowest BCUT2D eigenvalue weighted by Gasteiger charge is -2.32. The molecule has 2 aromatic heterocycles. The van der Waals surface area contributed by atoms with Gasteiger partial charge >= 0.3 is 0 Å². The summed E-state index contributed by atoms with van der Waals surface area (Å²) in [4.78, 5) is 18.5. The van der Waals surface area contributed by atoms with Crippen LogP contribution in [0.3, 0.4) is 0 Å². The maximum atomic E-state index is 13.1. The van der Waals surface area contributed by atoms with Crippen molar-refractivity contribution in [1.82, 2.24) is 30.1 Å². The fraction of sp³-hybridized carbons (Fsp3) is 0.615. The molecule has 0 saturated carbocycles. The molecule has 1 aromatic carbocycles. The van der Waals surface area contributed by atoms with Gasteiger partial charge < -0.3 is 14.5 Å². The molecule has 9 heteroatoms. The fourth-order valence-corrected chi connectivity index (χ4v) is 5.37. The predicted octanol–water partition coefficient (Wildman–Crippen LogP) is 3.52. The summed E-state index contributed by atoms with van der Waals surface area (Å²) < 4.78 is 13.8. The van der Waals surface area contributed by atoms with Gasteiger partial charge in [0.05, 0.1) is 24.8 Å². The van der Waals surface area contributed by atoms with Gasteiger partial charge in [-0.15, -0.1) is 5.10 Å². The molecule has 188 valence electrons. The first-order valence-electron chi connectivity index (χ1n) is 13.0. The number of nitrogens with one attached hydrogen (secondary N) is 1. The lowest BCUT2D eigenvalue weighted by molar-refractivity contribution is 0.0457. The monoisotopic (exact) mass is 480 g/mol. The number of H-pyrrole nitrogens is 1. The molecular formula is C26H36N6O3. The number of rotatable bonds is 10. The minimum Gasteiger partial charge on any atom is -0.377 e. The van der Waals surface area contributed by atoms with Crippen molar-refractivity contribution in [1.29, 1.82) is 0 Å². The Morgan fingerprint density at radius 1 is 1.17 bits per heavy atom. The predicted molar refractivity (Wildman–Crippen MR) is 133 cm³/mol. The van der Waals surface area contributed by atoms with E-state index < -0.39 is 0 Å². The molecule has 0 radical (unpaired) electrons. The summed E-state index contributed by atoms with van der Waals surface area (Å²) in [5.41, 5.74) is 2.73. The molecule has 0 spiro atoms. The highest BCUT2D eigenvalue weighted by Crippen LogP contribution is 2.29. The maximum absolute atomic E-state index is 13.1. The fourth-order valence-electron chi connectivity index (χ4n) is 5.37. The van der Waals surface area contributed by atoms with Crippen LogP contribution >= 0.6 is 0 Å². The lowest BCUT2D eigenvalue weighted by Crippen LogP contribution is -2.38. The van der Waals surface area contributed by atoms with Crippen LogP contribution in [0.1, 0.15) is 68.4 Å². The van der Waals surface area contributed by atoms with Crippen LogP contribution < -0.4 is 5.56 Å². The van der Waals surface area contributed by atoms with Crippen LogP contribution in [0.15, 0.2) is 29.1 Å². The molecule has 2 aliphatic heterocycles. The molecule has 0 aliphatic carbocycles. The zero-order chi connectivity index (χ0) is 24.2. The lowest BCUT2D eigenvalue weighted by atomic mass is 10.0. The number of pyridine rings is 1. The van der Waals surface area contributed by atoms with E-state index in [1.54, 1.807) is 0 Å². The number of tetrazole rings is 1. The molecule has 4 heterocycles. The van der Waals surface area contributed by atoms with Crippen LogP contribution in [0.25, 0.3) is 10.9 Å². The van der Waals surface area contributed by atoms with Gasteiger partial charge in [-0.1, -0.05) is 25.0 Å². The largest absolute Gasteiger partial charge is 0.377 e. The highest BCUT2D eigenvalue weighted by molar-refractivity contribution is 5.79. The minimum absolute atomic E-state index is 0.0202. The number of aromatic amines is 1. The molecule has 5 rings (SSSR count). The summed E-state index contributed by atoms with van der Waals surface area (Å²) in [5.74, 6) is 0.841. The van der Waals surface area contributed by atoms with Crippen molar-refractivity contribution >= 4 is 10.9 Å². The summed E-state index contributed by atoms with van der Waals surface area (Å²) in [6, 6.07) is 8.12. The van der Waals surface area contributed by atoms with Crippen LogP contribution in [0.5, 0.6) is 0 Å². The quantitative estimate of drug-likeness (QED) is 0.474. The van der Waals surface area contributed by atoms with Crippen molar-refractivity contribution < 1.29 is 9.47 Å². The van der Waals surface area contributed by atoms with Crippen molar-refractivity contribution in [3.63, 3.8) is 0 Å². The molecule has 1 N–H and O–H groups in total. The Morgan fingerprint density at radius 2 is 1.97 bits per heavy atom. The summed E-state index contributed by atoms with van der Waals surface area (Å²) >= 11 is 0. The Morgan fingerprint density at radius 3 is 2.71 bits per heavy atom. The Hall–Kier alpha value is -2.62. The Bertz CT molecular complexity index is 1180. The molecular weight excluding hydrogens is 444 g/mol. The van der Waals surface area contributed by atoms with Crippen LogP contribution in [-0.4, -0.2) is 62.1 Å². The number of ether oxygens (including phenoxy) is 2. The van der Waals surface area contributed by atoms with Gasteiger partial charge in [-0.05, 0) is 73.0 Å². The van der Waals surface area contributed by atoms with Crippen molar-refractivity contribution in [2.45, 2.75) is 83.7 Å². The van der Waals surface area contributed by atoms with Gasteiger partial charge in [0.25, 0.3) is 5.56 Å². The van der Waals surface area contributed by atoms with E-state index >= 15 is 0 Å². The average Bonchev–Trinajstić information content (AvgIpc) is 3.62. The second-order valence-electron chi connectivity index (χ2n) is 9.94. The summed E-state index contributed by atoms with van der Waals surface area (Å²) in [6.07, 6.45) is 6.39. The molecule has 0 amide bonds. The van der Waals surface area contributed by atoms with E-state index in [4.69, 9.17) is 9.47 Å². The highest BCUT2D eigenvalue weighted by Gasteiger charge is 2.31. The van der Waals surface area contributed by atoms with Gasteiger partial charge in [-0.3, -0.25) is 9.69 Å². The second-order valence-corrected chi connectivity index (χ2v) is 9.94. The van der Waals surface area contributed by atoms with E-state index in [-0.39, 0.29) is 23.8 Å². The van der Waals surface area contributed by atoms with Crippen molar-refractivity contribution in [3.8, 4) is 0 Å². The van der Waals surface area contributed by atoms with Crippen LogP contribution in [-0.2, 0) is 22.6 Å². The van der Waals surface area contributed by atoms with Crippen molar-refractivity contribution in [2.24, 2.45) is 0 Å². The summed E-state index contributed by atoms with van der Waals surface area (Å²) in [6.45, 7) is 7.75. The van der Waals surface area contributed by atoms with Crippen molar-refractivity contribution in [3.05, 3.63) is 51.6 Å². The zero-order valence-corrected chi connectivity index (χ0v) is 20.8. The third-order valence-corrected chi connectivity index (χ3v) is 7.17. The molecule has 35 heavy (non-hydrogen) atoms. The standard InChI is InChI=1S/C26H36N6O3/c1-3-6-24(25-28-29-30-32(25)17-22-8-5-12-35-22)31(16-21-7-4-11-34-21)15-20-14-19-13-18(2)9-10-23(19)27-26(20)33/h9-10,13-14,21-22,24H,3-8,11-12,15-17H2,1-2H3,(H,27,33). The Balaban J connectivity index is 1.47. The highest BCUT2D eigenvalue weighted by atomic mass is 16.5. The van der Waals surface area contributed by atoms with Crippen molar-refractivity contribution in [2.75, 3.05) is 19.8 Å². The van der Waals surface area contributed by atoms with Gasteiger partial charge in [0.15, 0.2) is 5.82 Å². The number of aryl methyl sites for hydroxylation is 1. The van der Waals surface area contributed by atoms with E-state index in [2.05, 4.69) is 45.3 Å². The van der Waals surface area contributed by atoms with Gasteiger partial charge in [0, 0.05) is 37.4 Å². The summed E-state index contributed by atoms with van der Waals surface area (Å²) in [7, 11) is 0. The smallest absolute Gasteiger partial charge is 0.252 e. The molecule has 3 unspecified atom stereocenters. The third-order valence-electron chi connectivity index (χ3n) is 7.17. The van der Waals surface area contributed by atoms with E-state index in [1.807, 2.05) is 22.9 Å². The van der Waals surface area contributed by atoms with E-state index in [9.17, 15) is 4.79 Å². The van der Waals surface area contributed by atoms with E-state index in [0.717, 1.165) is 80.6 Å². The number of hydrogen-bond donors (Lipinski definition) is 1. The third kappa shape index (κ3) is 5.63. The van der Waals surface area contributed by atoms with Gasteiger partial charge in [-0.25, -0.2) is 4.68 Å². The average molecular weight is 481 g/mol. The topological polar surface area (TPSA) is 98.2 Å². The van der Waals surface area contributed by atoms with Gasteiger partial charge in [0.1, 0.15) is 0 Å². The van der Waals surface area contributed by atoms with Crippen LogP contribution in [0.4, 0.5) is 0 Å².